The monoisotopic (exact) mass is 349 g/mol. The Hall–Kier alpha value is -2.28. The van der Waals surface area contributed by atoms with Crippen molar-refractivity contribution in [2.24, 2.45) is 5.92 Å². The molecular formula is C18H27N3O4. The molecule has 2 amide bonds. The van der Waals surface area contributed by atoms with Crippen molar-refractivity contribution < 1.29 is 19.1 Å². The van der Waals surface area contributed by atoms with Gasteiger partial charge in [0.15, 0.2) is 0 Å². The summed E-state index contributed by atoms with van der Waals surface area (Å²) >= 11 is 0. The highest BCUT2D eigenvalue weighted by atomic mass is 16.5. The van der Waals surface area contributed by atoms with Gasteiger partial charge in [-0.15, -0.1) is 0 Å². The largest absolute Gasteiger partial charge is 0.497 e. The van der Waals surface area contributed by atoms with Gasteiger partial charge in [-0.1, -0.05) is 0 Å². The van der Waals surface area contributed by atoms with Gasteiger partial charge in [0, 0.05) is 26.1 Å². The number of nitrogens with one attached hydrogen (secondary N) is 1. The van der Waals surface area contributed by atoms with E-state index in [0.717, 1.165) is 18.0 Å². The first-order chi connectivity index (χ1) is 12.0. The number of ether oxygens (including phenoxy) is 2. The van der Waals surface area contributed by atoms with Gasteiger partial charge in [-0.05, 0) is 38.4 Å². The van der Waals surface area contributed by atoms with Crippen LogP contribution in [0.15, 0.2) is 24.3 Å². The Morgan fingerprint density at radius 1 is 1.28 bits per heavy atom. The van der Waals surface area contributed by atoms with Crippen LogP contribution in [0.2, 0.25) is 0 Å². The van der Waals surface area contributed by atoms with Crippen LogP contribution >= 0.6 is 0 Å². The van der Waals surface area contributed by atoms with Crippen molar-refractivity contribution in [2.45, 2.75) is 6.42 Å². The van der Waals surface area contributed by atoms with Gasteiger partial charge in [-0.3, -0.25) is 9.59 Å². The van der Waals surface area contributed by atoms with E-state index in [1.54, 1.807) is 12.0 Å². The van der Waals surface area contributed by atoms with Crippen molar-refractivity contribution in [1.82, 2.24) is 15.1 Å². The van der Waals surface area contributed by atoms with Crippen LogP contribution in [0.25, 0.3) is 0 Å². The first kappa shape index (κ1) is 19.1. The maximum Gasteiger partial charge on any atom is 0.225 e. The van der Waals surface area contributed by atoms with Gasteiger partial charge in [0.05, 0.1) is 19.6 Å². The third-order valence-corrected chi connectivity index (χ3v) is 4.13. The second kappa shape index (κ2) is 9.27. The average molecular weight is 349 g/mol. The summed E-state index contributed by atoms with van der Waals surface area (Å²) < 4.78 is 10.7. The van der Waals surface area contributed by atoms with Crippen LogP contribution in [0.1, 0.15) is 6.42 Å². The minimum atomic E-state index is -0.268. The van der Waals surface area contributed by atoms with E-state index in [1.165, 1.54) is 0 Å². The third-order valence-electron chi connectivity index (χ3n) is 4.13. The fourth-order valence-corrected chi connectivity index (χ4v) is 2.66. The molecule has 1 aromatic carbocycles. The van der Waals surface area contributed by atoms with Crippen molar-refractivity contribution in [2.75, 3.05) is 54.0 Å². The molecule has 0 saturated carbocycles. The van der Waals surface area contributed by atoms with Gasteiger partial charge in [0.25, 0.3) is 0 Å². The van der Waals surface area contributed by atoms with Gasteiger partial charge in [0.1, 0.15) is 18.1 Å². The number of hydrogen-bond acceptors (Lipinski definition) is 5. The molecule has 0 spiro atoms. The zero-order valence-corrected chi connectivity index (χ0v) is 15.2. The molecule has 1 heterocycles. The topological polar surface area (TPSA) is 71.1 Å². The first-order valence-corrected chi connectivity index (χ1v) is 8.46. The lowest BCUT2D eigenvalue weighted by Gasteiger charge is -2.17. The molecular weight excluding hydrogens is 322 g/mol. The second-order valence-corrected chi connectivity index (χ2v) is 6.36. The van der Waals surface area contributed by atoms with E-state index in [2.05, 4.69) is 5.32 Å². The standard InChI is InChI=1S/C18H27N3O4/c1-20(2)9-8-19-18(23)14-12-17(22)21(13-14)10-11-25-16-6-4-15(24-3)5-7-16/h4-7,14H,8-13H2,1-3H3,(H,19,23). The molecule has 1 aliphatic heterocycles. The minimum Gasteiger partial charge on any atom is -0.497 e. The number of hydrogen-bond donors (Lipinski definition) is 1. The lowest BCUT2D eigenvalue weighted by molar-refractivity contribution is -0.129. The highest BCUT2D eigenvalue weighted by Gasteiger charge is 2.33. The first-order valence-electron chi connectivity index (χ1n) is 8.46. The van der Waals surface area contributed by atoms with Gasteiger partial charge in [0.2, 0.25) is 11.8 Å². The number of methoxy groups -OCH3 is 1. The van der Waals surface area contributed by atoms with E-state index in [-0.39, 0.29) is 24.2 Å². The van der Waals surface area contributed by atoms with Gasteiger partial charge in [-0.25, -0.2) is 0 Å². The van der Waals surface area contributed by atoms with Crippen LogP contribution in [0.4, 0.5) is 0 Å². The van der Waals surface area contributed by atoms with E-state index >= 15 is 0 Å². The lowest BCUT2D eigenvalue weighted by atomic mass is 10.1. The summed E-state index contributed by atoms with van der Waals surface area (Å²) in [7, 11) is 5.52. The number of rotatable bonds is 9. The fraction of sp³-hybridized carbons (Fsp3) is 0.556. The molecule has 0 aliphatic carbocycles. The molecule has 1 N–H and O–H groups in total. The normalized spacial score (nSPS) is 17.0. The molecule has 25 heavy (non-hydrogen) atoms. The Bertz CT molecular complexity index is 574. The van der Waals surface area contributed by atoms with Crippen LogP contribution in [-0.2, 0) is 9.59 Å². The molecule has 2 rings (SSSR count). The van der Waals surface area contributed by atoms with Crippen LogP contribution in [0.5, 0.6) is 11.5 Å². The average Bonchev–Trinajstić information content (AvgIpc) is 2.96. The molecule has 1 aromatic rings. The van der Waals surface area contributed by atoms with E-state index in [0.29, 0.717) is 26.2 Å². The molecule has 1 saturated heterocycles. The summed E-state index contributed by atoms with van der Waals surface area (Å²) in [5, 5.41) is 2.89. The predicted octanol–water partition coefficient (Wildman–Crippen LogP) is 0.600. The van der Waals surface area contributed by atoms with Crippen molar-refractivity contribution in [1.29, 1.82) is 0 Å². The SMILES string of the molecule is COc1ccc(OCCN2CC(C(=O)NCCN(C)C)CC2=O)cc1. The minimum absolute atomic E-state index is 0.00564. The molecule has 7 heteroatoms. The van der Waals surface area contributed by atoms with Crippen molar-refractivity contribution in [3.63, 3.8) is 0 Å². The zero-order valence-electron chi connectivity index (χ0n) is 15.2. The summed E-state index contributed by atoms with van der Waals surface area (Å²) in [5.41, 5.74) is 0. The molecule has 1 aliphatic rings. The van der Waals surface area contributed by atoms with E-state index in [9.17, 15) is 9.59 Å². The molecule has 1 unspecified atom stereocenters. The summed E-state index contributed by atoms with van der Waals surface area (Å²) in [4.78, 5) is 27.9. The van der Waals surface area contributed by atoms with E-state index in [4.69, 9.17) is 9.47 Å². The van der Waals surface area contributed by atoms with E-state index < -0.39 is 0 Å². The predicted molar refractivity (Wildman–Crippen MR) is 94.7 cm³/mol. The molecule has 7 nitrogen and oxygen atoms in total. The van der Waals surface area contributed by atoms with Crippen LogP contribution in [0, 0.1) is 5.92 Å². The van der Waals surface area contributed by atoms with Crippen LogP contribution in [0.3, 0.4) is 0 Å². The number of amides is 2. The van der Waals surface area contributed by atoms with Crippen molar-refractivity contribution in [3.05, 3.63) is 24.3 Å². The maximum atomic E-state index is 12.1. The molecule has 0 bridgehead atoms. The highest BCUT2D eigenvalue weighted by Crippen LogP contribution is 2.19. The smallest absolute Gasteiger partial charge is 0.225 e. The number of nitrogens with zero attached hydrogens (tertiary/aromatic N) is 2. The van der Waals surface area contributed by atoms with Gasteiger partial charge in [-0.2, -0.15) is 0 Å². The third kappa shape index (κ3) is 5.94. The molecule has 0 aromatic heterocycles. The molecule has 1 fully saturated rings. The van der Waals surface area contributed by atoms with Crippen LogP contribution in [-0.4, -0.2) is 75.6 Å². The number of likely N-dealkylation sites (N-methyl/N-ethyl adjacent to an activating group) is 1. The Morgan fingerprint density at radius 2 is 1.96 bits per heavy atom. The fourth-order valence-electron chi connectivity index (χ4n) is 2.66. The number of carbonyl (C=O) groups excluding carboxylic acids is 2. The summed E-state index contributed by atoms with van der Waals surface area (Å²) in [6.07, 6.45) is 0.274. The Morgan fingerprint density at radius 3 is 2.60 bits per heavy atom. The maximum absolute atomic E-state index is 12.1. The number of benzene rings is 1. The second-order valence-electron chi connectivity index (χ2n) is 6.36. The van der Waals surface area contributed by atoms with Crippen LogP contribution < -0.4 is 14.8 Å². The molecule has 0 radical (unpaired) electrons. The Labute approximate surface area is 148 Å². The Kier molecular flexibility index (Phi) is 7.06. The van der Waals surface area contributed by atoms with Crippen molar-refractivity contribution >= 4 is 11.8 Å². The molecule has 138 valence electrons. The molecule has 1 atom stereocenters. The van der Waals surface area contributed by atoms with E-state index in [1.807, 2.05) is 43.3 Å². The lowest BCUT2D eigenvalue weighted by Crippen LogP contribution is -2.37. The summed E-state index contributed by atoms with van der Waals surface area (Å²) in [6.45, 7) is 2.71. The number of carbonyl (C=O) groups is 2. The quantitative estimate of drug-likeness (QED) is 0.707. The zero-order chi connectivity index (χ0) is 18.2. The van der Waals surface area contributed by atoms with Crippen molar-refractivity contribution in [3.8, 4) is 11.5 Å². The van der Waals surface area contributed by atoms with Gasteiger partial charge < -0.3 is 24.6 Å². The number of likely N-dealkylation sites (tertiary alicyclic amines) is 1. The summed E-state index contributed by atoms with van der Waals surface area (Å²) in [5.74, 6) is 1.19. The van der Waals surface area contributed by atoms with Gasteiger partial charge >= 0.3 is 0 Å². The summed E-state index contributed by atoms with van der Waals surface area (Å²) in [6, 6.07) is 7.30. The Balaban J connectivity index is 1.71. The highest BCUT2D eigenvalue weighted by molar-refractivity contribution is 5.89.